The molecule has 3 nitrogen and oxygen atoms in total. The summed E-state index contributed by atoms with van der Waals surface area (Å²) in [4.78, 5) is 23.8. The van der Waals surface area contributed by atoms with E-state index in [4.69, 9.17) is 11.6 Å². The minimum Gasteiger partial charge on any atom is -0.329 e. The molecule has 1 N–H and O–H groups in total. The van der Waals surface area contributed by atoms with E-state index < -0.39 is 23.0 Å². The fraction of sp³-hybridized carbons (Fsp3) is 0.0667. The summed E-state index contributed by atoms with van der Waals surface area (Å²) in [7, 11) is 0. The first kappa shape index (κ1) is 14.2. The van der Waals surface area contributed by atoms with Crippen LogP contribution in [0.4, 0.5) is 4.39 Å². The molecular weight excluding hydrogens is 281 g/mol. The summed E-state index contributed by atoms with van der Waals surface area (Å²) in [6.07, 6.45) is 0. The van der Waals surface area contributed by atoms with Gasteiger partial charge in [-0.1, -0.05) is 41.9 Å². The Morgan fingerprint density at radius 2 is 1.55 bits per heavy atom. The minimum atomic E-state index is -1.17. The smallest absolute Gasteiger partial charge is 0.252 e. The molecule has 0 spiro atoms. The Hall–Kier alpha value is -2.20. The number of hydrogen-bond acceptors (Lipinski definition) is 2. The maximum atomic E-state index is 12.8. The van der Waals surface area contributed by atoms with E-state index in [0.29, 0.717) is 5.56 Å². The van der Waals surface area contributed by atoms with Gasteiger partial charge in [0.25, 0.3) is 5.91 Å². The van der Waals surface area contributed by atoms with Crippen molar-refractivity contribution in [2.24, 2.45) is 0 Å². The molecule has 0 aliphatic rings. The van der Waals surface area contributed by atoms with E-state index in [-0.39, 0.29) is 5.56 Å². The number of rotatable bonds is 4. The Morgan fingerprint density at radius 1 is 0.950 bits per heavy atom. The first-order valence-electron chi connectivity index (χ1n) is 5.87. The molecule has 0 heterocycles. The molecule has 0 aromatic heterocycles. The summed E-state index contributed by atoms with van der Waals surface area (Å²) in [6.45, 7) is 0. The quantitative estimate of drug-likeness (QED) is 0.535. The first-order chi connectivity index (χ1) is 9.58. The molecule has 0 fully saturated rings. The molecule has 2 rings (SSSR count). The molecule has 2 aromatic rings. The van der Waals surface area contributed by atoms with Gasteiger partial charge in [0.15, 0.2) is 11.3 Å². The van der Waals surface area contributed by atoms with E-state index in [1.54, 1.807) is 30.3 Å². The molecule has 0 aliphatic heterocycles. The molecule has 20 heavy (non-hydrogen) atoms. The number of hydrogen-bond donors (Lipinski definition) is 1. The summed E-state index contributed by atoms with van der Waals surface area (Å²) >= 11 is 5.89. The first-order valence-corrected chi connectivity index (χ1v) is 6.31. The standard InChI is InChI=1S/C15H11ClFNO2/c16-14(13(19)10-4-2-1-3-5-10)18-15(20)11-6-8-12(17)9-7-11/h1-9,14H,(H,18,20). The number of carbonyl (C=O) groups is 2. The van der Waals surface area contributed by atoms with Crippen LogP contribution in [-0.4, -0.2) is 17.2 Å². The van der Waals surface area contributed by atoms with Gasteiger partial charge in [-0.25, -0.2) is 4.39 Å². The van der Waals surface area contributed by atoms with Crippen LogP contribution in [-0.2, 0) is 0 Å². The molecule has 0 radical (unpaired) electrons. The zero-order valence-electron chi connectivity index (χ0n) is 10.3. The summed E-state index contributed by atoms with van der Waals surface area (Å²) in [5, 5.41) is 2.37. The van der Waals surface area contributed by atoms with Gasteiger partial charge in [-0.05, 0) is 24.3 Å². The van der Waals surface area contributed by atoms with Crippen LogP contribution in [0.1, 0.15) is 20.7 Å². The predicted molar refractivity (Wildman–Crippen MR) is 74.3 cm³/mol. The van der Waals surface area contributed by atoms with Crippen LogP contribution in [0.2, 0.25) is 0 Å². The average Bonchev–Trinajstić information content (AvgIpc) is 2.48. The molecular formula is C15H11ClFNO2. The highest BCUT2D eigenvalue weighted by Gasteiger charge is 2.19. The Morgan fingerprint density at radius 3 is 2.15 bits per heavy atom. The third-order valence-corrected chi connectivity index (χ3v) is 2.96. The Balaban J connectivity index is 2.04. The van der Waals surface area contributed by atoms with Crippen molar-refractivity contribution in [3.05, 3.63) is 71.5 Å². The van der Waals surface area contributed by atoms with Crippen LogP contribution < -0.4 is 5.32 Å². The lowest BCUT2D eigenvalue weighted by Crippen LogP contribution is -2.36. The fourth-order valence-corrected chi connectivity index (χ4v) is 1.84. The number of nitrogens with one attached hydrogen (secondary N) is 1. The van der Waals surface area contributed by atoms with E-state index in [1.807, 2.05) is 0 Å². The van der Waals surface area contributed by atoms with Crippen molar-refractivity contribution < 1.29 is 14.0 Å². The van der Waals surface area contributed by atoms with E-state index in [9.17, 15) is 14.0 Å². The lowest BCUT2D eigenvalue weighted by Gasteiger charge is -2.11. The number of Topliss-reactive ketones (excluding diaryl/α,β-unsaturated/α-hetero) is 1. The maximum absolute atomic E-state index is 12.8. The van der Waals surface area contributed by atoms with Crippen molar-refractivity contribution in [1.82, 2.24) is 5.32 Å². The second-order valence-corrected chi connectivity index (χ2v) is 4.51. The second kappa shape index (κ2) is 6.30. The van der Waals surface area contributed by atoms with Crippen molar-refractivity contribution in [1.29, 1.82) is 0 Å². The molecule has 0 bridgehead atoms. The number of ketones is 1. The molecule has 1 atom stereocenters. The highest BCUT2D eigenvalue weighted by molar-refractivity contribution is 6.34. The second-order valence-electron chi connectivity index (χ2n) is 4.07. The molecule has 5 heteroatoms. The van der Waals surface area contributed by atoms with Gasteiger partial charge in [-0.3, -0.25) is 9.59 Å². The molecule has 2 aromatic carbocycles. The van der Waals surface area contributed by atoms with Gasteiger partial charge in [0, 0.05) is 11.1 Å². The zero-order chi connectivity index (χ0) is 14.5. The van der Waals surface area contributed by atoms with Gasteiger partial charge < -0.3 is 5.32 Å². The van der Waals surface area contributed by atoms with Crippen molar-refractivity contribution in [3.63, 3.8) is 0 Å². The van der Waals surface area contributed by atoms with E-state index in [2.05, 4.69) is 5.32 Å². The summed E-state index contributed by atoms with van der Waals surface area (Å²) in [6, 6.07) is 13.4. The van der Waals surface area contributed by atoms with Crippen LogP contribution in [0, 0.1) is 5.82 Å². The van der Waals surface area contributed by atoms with Gasteiger partial charge in [0.1, 0.15) is 5.82 Å². The van der Waals surface area contributed by atoms with Gasteiger partial charge in [-0.2, -0.15) is 0 Å². The zero-order valence-corrected chi connectivity index (χ0v) is 11.1. The van der Waals surface area contributed by atoms with E-state index in [0.717, 1.165) is 12.1 Å². The number of alkyl halides is 1. The van der Waals surface area contributed by atoms with Crippen LogP contribution in [0.25, 0.3) is 0 Å². The van der Waals surface area contributed by atoms with Gasteiger partial charge >= 0.3 is 0 Å². The highest BCUT2D eigenvalue weighted by atomic mass is 35.5. The average molecular weight is 292 g/mol. The van der Waals surface area contributed by atoms with E-state index in [1.165, 1.54) is 12.1 Å². The van der Waals surface area contributed by atoms with Gasteiger partial charge in [0.2, 0.25) is 0 Å². The number of halogens is 2. The van der Waals surface area contributed by atoms with Crippen LogP contribution >= 0.6 is 11.6 Å². The van der Waals surface area contributed by atoms with Crippen LogP contribution in [0.15, 0.2) is 54.6 Å². The van der Waals surface area contributed by atoms with Crippen molar-refractivity contribution in [2.75, 3.05) is 0 Å². The molecule has 0 saturated heterocycles. The SMILES string of the molecule is O=C(NC(Cl)C(=O)c1ccccc1)c1ccc(F)cc1. The Bertz CT molecular complexity index is 614. The Kier molecular flexibility index (Phi) is 4.48. The van der Waals surface area contributed by atoms with Gasteiger partial charge in [-0.15, -0.1) is 0 Å². The normalized spacial score (nSPS) is 11.7. The highest BCUT2D eigenvalue weighted by Crippen LogP contribution is 2.08. The fourth-order valence-electron chi connectivity index (χ4n) is 1.61. The third kappa shape index (κ3) is 3.42. The number of amides is 1. The molecule has 1 unspecified atom stereocenters. The van der Waals surface area contributed by atoms with Crippen molar-refractivity contribution >= 4 is 23.3 Å². The number of carbonyl (C=O) groups excluding carboxylic acids is 2. The van der Waals surface area contributed by atoms with Gasteiger partial charge in [0.05, 0.1) is 0 Å². The summed E-state index contributed by atoms with van der Waals surface area (Å²) in [5.74, 6) is -1.37. The third-order valence-electron chi connectivity index (χ3n) is 2.65. The molecule has 102 valence electrons. The summed E-state index contributed by atoms with van der Waals surface area (Å²) in [5.41, 5.74) is -0.528. The summed E-state index contributed by atoms with van der Waals surface area (Å²) < 4.78 is 12.8. The lowest BCUT2D eigenvalue weighted by atomic mass is 10.1. The largest absolute Gasteiger partial charge is 0.329 e. The topological polar surface area (TPSA) is 46.2 Å². The molecule has 0 saturated carbocycles. The lowest BCUT2D eigenvalue weighted by molar-refractivity contribution is 0.0889. The molecule has 0 aliphatic carbocycles. The van der Waals surface area contributed by atoms with Crippen molar-refractivity contribution in [3.8, 4) is 0 Å². The molecule has 1 amide bonds. The Labute approximate surface area is 120 Å². The maximum Gasteiger partial charge on any atom is 0.252 e. The van der Waals surface area contributed by atoms with E-state index >= 15 is 0 Å². The van der Waals surface area contributed by atoms with Crippen LogP contribution in [0.5, 0.6) is 0 Å². The minimum absolute atomic E-state index is 0.234. The number of benzene rings is 2. The van der Waals surface area contributed by atoms with Crippen LogP contribution in [0.3, 0.4) is 0 Å². The predicted octanol–water partition coefficient (Wildman–Crippen LogP) is 3.00. The van der Waals surface area contributed by atoms with Crippen molar-refractivity contribution in [2.45, 2.75) is 5.50 Å². The monoisotopic (exact) mass is 291 g/mol.